The van der Waals surface area contributed by atoms with Crippen molar-refractivity contribution in [3.05, 3.63) is 11.6 Å². The first-order valence-electron chi connectivity index (χ1n) is 3.35. The van der Waals surface area contributed by atoms with Crippen LogP contribution in [-0.4, -0.2) is 24.3 Å². The fraction of sp³-hybridized carbons (Fsp3) is 0.714. The highest BCUT2D eigenvalue weighted by Crippen LogP contribution is 2.04. The van der Waals surface area contributed by atoms with Gasteiger partial charge >= 0.3 is 0 Å². The second-order valence-corrected chi connectivity index (χ2v) is 2.54. The van der Waals surface area contributed by atoms with Gasteiger partial charge in [-0.3, -0.25) is 0 Å². The van der Waals surface area contributed by atoms with Crippen LogP contribution in [0.25, 0.3) is 0 Å². The normalized spacial score (nSPS) is 27.8. The Hall–Kier alpha value is -0.340. The topological polar surface area (TPSA) is 32.3 Å². The maximum absolute atomic E-state index is 8.67. The average molecular weight is 127 g/mol. The Bertz CT molecular complexity index is 120. The van der Waals surface area contributed by atoms with Crippen LogP contribution in [0, 0.1) is 0 Å². The summed E-state index contributed by atoms with van der Waals surface area (Å²) >= 11 is 0. The maximum atomic E-state index is 8.67. The van der Waals surface area contributed by atoms with Gasteiger partial charge in [0.1, 0.15) is 0 Å². The van der Waals surface area contributed by atoms with E-state index in [0.29, 0.717) is 6.04 Å². The van der Waals surface area contributed by atoms with Gasteiger partial charge in [-0.05, 0) is 18.9 Å². The molecule has 0 aromatic rings. The molecule has 0 fully saturated rings. The van der Waals surface area contributed by atoms with E-state index in [-0.39, 0.29) is 6.61 Å². The summed E-state index contributed by atoms with van der Waals surface area (Å²) in [7, 11) is 0. The van der Waals surface area contributed by atoms with Crippen LogP contribution in [0.4, 0.5) is 0 Å². The summed E-state index contributed by atoms with van der Waals surface area (Å²) in [6, 6.07) is 0.584. The molecule has 1 rings (SSSR count). The summed E-state index contributed by atoms with van der Waals surface area (Å²) in [5, 5.41) is 11.9. The minimum Gasteiger partial charge on any atom is -0.392 e. The summed E-state index contributed by atoms with van der Waals surface area (Å²) in [5.74, 6) is 0. The van der Waals surface area contributed by atoms with Gasteiger partial charge in [-0.2, -0.15) is 0 Å². The molecule has 0 amide bonds. The first-order valence-corrected chi connectivity index (χ1v) is 3.35. The molecule has 2 nitrogen and oxygen atoms in total. The molecule has 1 aliphatic rings. The van der Waals surface area contributed by atoms with E-state index in [1.165, 1.54) is 0 Å². The highest BCUT2D eigenvalue weighted by molar-refractivity contribution is 5.08. The van der Waals surface area contributed by atoms with E-state index in [2.05, 4.69) is 18.3 Å². The van der Waals surface area contributed by atoms with Gasteiger partial charge < -0.3 is 10.4 Å². The summed E-state index contributed by atoms with van der Waals surface area (Å²) < 4.78 is 0. The van der Waals surface area contributed by atoms with Crippen molar-refractivity contribution < 1.29 is 5.11 Å². The van der Waals surface area contributed by atoms with E-state index in [1.807, 2.05) is 0 Å². The standard InChI is InChI=1S/C7H13NO/c1-6-2-3-7(5-9)4-8-6/h3,6,8-9H,2,4-5H2,1H3. The number of aliphatic hydroxyl groups is 1. The van der Waals surface area contributed by atoms with Crippen LogP contribution in [0.5, 0.6) is 0 Å². The van der Waals surface area contributed by atoms with Crippen molar-refractivity contribution >= 4 is 0 Å². The smallest absolute Gasteiger partial charge is 0.0654 e. The molecule has 0 radical (unpaired) electrons. The van der Waals surface area contributed by atoms with Gasteiger partial charge in [0, 0.05) is 12.6 Å². The molecule has 0 saturated heterocycles. The van der Waals surface area contributed by atoms with Crippen LogP contribution >= 0.6 is 0 Å². The van der Waals surface area contributed by atoms with Gasteiger partial charge in [-0.25, -0.2) is 0 Å². The molecule has 0 bridgehead atoms. The minimum atomic E-state index is 0.208. The van der Waals surface area contributed by atoms with Crippen molar-refractivity contribution in [1.82, 2.24) is 5.32 Å². The summed E-state index contributed by atoms with van der Waals surface area (Å²) in [6.45, 7) is 3.21. The third kappa shape index (κ3) is 1.80. The molecule has 1 unspecified atom stereocenters. The molecule has 0 aliphatic carbocycles. The van der Waals surface area contributed by atoms with Gasteiger partial charge in [0.15, 0.2) is 0 Å². The molecule has 0 saturated carbocycles. The number of rotatable bonds is 1. The number of hydrogen-bond donors (Lipinski definition) is 2. The quantitative estimate of drug-likeness (QED) is 0.496. The Morgan fingerprint density at radius 1 is 1.89 bits per heavy atom. The third-order valence-corrected chi connectivity index (χ3v) is 1.64. The molecule has 52 valence electrons. The Morgan fingerprint density at radius 2 is 2.67 bits per heavy atom. The lowest BCUT2D eigenvalue weighted by Gasteiger charge is -2.18. The van der Waals surface area contributed by atoms with Gasteiger partial charge in [0.25, 0.3) is 0 Å². The van der Waals surface area contributed by atoms with Crippen LogP contribution < -0.4 is 5.32 Å². The Kier molecular flexibility index (Phi) is 2.25. The van der Waals surface area contributed by atoms with Crippen molar-refractivity contribution in [2.45, 2.75) is 19.4 Å². The van der Waals surface area contributed by atoms with E-state index in [0.717, 1.165) is 18.5 Å². The molecular weight excluding hydrogens is 114 g/mol. The zero-order valence-corrected chi connectivity index (χ0v) is 5.72. The zero-order valence-electron chi connectivity index (χ0n) is 5.72. The SMILES string of the molecule is CC1CC=C(CO)CN1. The van der Waals surface area contributed by atoms with E-state index < -0.39 is 0 Å². The molecule has 0 spiro atoms. The molecular formula is C7H13NO. The summed E-state index contributed by atoms with van der Waals surface area (Å²) in [6.07, 6.45) is 3.16. The van der Waals surface area contributed by atoms with Crippen molar-refractivity contribution in [2.75, 3.05) is 13.2 Å². The molecule has 0 aromatic heterocycles. The van der Waals surface area contributed by atoms with Gasteiger partial charge in [-0.15, -0.1) is 0 Å². The van der Waals surface area contributed by atoms with Crippen LogP contribution in [0.1, 0.15) is 13.3 Å². The first-order chi connectivity index (χ1) is 4.33. The molecule has 1 heterocycles. The van der Waals surface area contributed by atoms with Gasteiger partial charge in [0.05, 0.1) is 6.61 Å². The fourth-order valence-electron chi connectivity index (χ4n) is 0.925. The van der Waals surface area contributed by atoms with Gasteiger partial charge in [-0.1, -0.05) is 6.08 Å². The highest BCUT2D eigenvalue weighted by Gasteiger charge is 2.06. The van der Waals surface area contributed by atoms with Crippen molar-refractivity contribution in [1.29, 1.82) is 0 Å². The van der Waals surface area contributed by atoms with E-state index >= 15 is 0 Å². The number of aliphatic hydroxyl groups excluding tert-OH is 1. The molecule has 1 aliphatic heterocycles. The second kappa shape index (κ2) is 2.99. The fourth-order valence-corrected chi connectivity index (χ4v) is 0.925. The molecule has 1 atom stereocenters. The Balaban J connectivity index is 2.40. The van der Waals surface area contributed by atoms with Crippen LogP contribution in [0.2, 0.25) is 0 Å². The third-order valence-electron chi connectivity index (χ3n) is 1.64. The highest BCUT2D eigenvalue weighted by atomic mass is 16.3. The van der Waals surface area contributed by atoms with Gasteiger partial charge in [0.2, 0.25) is 0 Å². The van der Waals surface area contributed by atoms with Crippen LogP contribution in [0.15, 0.2) is 11.6 Å². The molecule has 2 heteroatoms. The molecule has 9 heavy (non-hydrogen) atoms. The first kappa shape index (κ1) is 6.78. The molecule has 2 N–H and O–H groups in total. The second-order valence-electron chi connectivity index (χ2n) is 2.54. The van der Waals surface area contributed by atoms with Crippen molar-refractivity contribution in [3.8, 4) is 0 Å². The summed E-state index contributed by atoms with van der Waals surface area (Å²) in [5.41, 5.74) is 1.12. The van der Waals surface area contributed by atoms with Crippen LogP contribution in [0.3, 0.4) is 0 Å². The number of nitrogens with one attached hydrogen (secondary N) is 1. The van der Waals surface area contributed by atoms with Crippen molar-refractivity contribution in [3.63, 3.8) is 0 Å². The Labute approximate surface area is 55.6 Å². The predicted octanol–water partition coefficient (Wildman–Crippen LogP) is 0.287. The van der Waals surface area contributed by atoms with E-state index in [1.54, 1.807) is 0 Å². The Morgan fingerprint density at radius 3 is 3.11 bits per heavy atom. The lowest BCUT2D eigenvalue weighted by atomic mass is 10.1. The lowest BCUT2D eigenvalue weighted by molar-refractivity contribution is 0.321. The van der Waals surface area contributed by atoms with E-state index in [9.17, 15) is 0 Å². The average Bonchev–Trinajstić information content (AvgIpc) is 1.90. The monoisotopic (exact) mass is 127 g/mol. The van der Waals surface area contributed by atoms with Crippen molar-refractivity contribution in [2.24, 2.45) is 0 Å². The van der Waals surface area contributed by atoms with E-state index in [4.69, 9.17) is 5.11 Å². The maximum Gasteiger partial charge on any atom is 0.0654 e. The minimum absolute atomic E-state index is 0.208. The lowest BCUT2D eigenvalue weighted by Crippen LogP contribution is -2.31. The largest absolute Gasteiger partial charge is 0.392 e. The van der Waals surface area contributed by atoms with Crippen LogP contribution in [-0.2, 0) is 0 Å². The molecule has 0 aromatic carbocycles. The summed E-state index contributed by atoms with van der Waals surface area (Å²) in [4.78, 5) is 0. The number of hydrogen-bond acceptors (Lipinski definition) is 2. The zero-order chi connectivity index (χ0) is 6.69. The predicted molar refractivity (Wildman–Crippen MR) is 37.3 cm³/mol.